The van der Waals surface area contributed by atoms with Gasteiger partial charge in [0.2, 0.25) is 5.89 Å². The van der Waals surface area contributed by atoms with Gasteiger partial charge in [0, 0.05) is 5.56 Å². The Balaban J connectivity index is 2.41. The third kappa shape index (κ3) is 2.38. The van der Waals surface area contributed by atoms with Crippen LogP contribution < -0.4 is 0 Å². The summed E-state index contributed by atoms with van der Waals surface area (Å²) in [6.45, 7) is 7.25. The predicted octanol–water partition coefficient (Wildman–Crippen LogP) is 3.32. The fourth-order valence-electron chi connectivity index (χ4n) is 1.68. The van der Waals surface area contributed by atoms with Gasteiger partial charge in [0.15, 0.2) is 0 Å². The zero-order chi connectivity index (χ0) is 14.2. The number of hydrogen-bond acceptors (Lipinski definition) is 3. The summed E-state index contributed by atoms with van der Waals surface area (Å²) < 4.78 is 5.60. The molecule has 2 rings (SSSR count). The van der Waals surface area contributed by atoms with Gasteiger partial charge >= 0.3 is 5.97 Å². The Morgan fingerprint density at radius 3 is 2.53 bits per heavy atom. The fraction of sp³-hybridized carbons (Fsp3) is 0.333. The number of aromatic nitrogens is 1. The van der Waals surface area contributed by atoms with Gasteiger partial charge in [-0.25, -0.2) is 4.98 Å². The van der Waals surface area contributed by atoms with Crippen molar-refractivity contribution in [2.75, 3.05) is 0 Å². The summed E-state index contributed by atoms with van der Waals surface area (Å²) in [6, 6.07) is 5.90. The second-order valence-electron chi connectivity index (χ2n) is 5.26. The first-order valence-electron chi connectivity index (χ1n) is 6.09. The number of carboxylic acid groups (broad SMARTS) is 1. The van der Waals surface area contributed by atoms with Crippen molar-refractivity contribution in [1.82, 2.24) is 4.98 Å². The van der Waals surface area contributed by atoms with Crippen LogP contribution in [0.25, 0.3) is 11.5 Å². The molecule has 0 unspecified atom stereocenters. The number of carboxylic acids is 1. The van der Waals surface area contributed by atoms with Crippen molar-refractivity contribution in [3.8, 4) is 11.5 Å². The molecule has 0 saturated carbocycles. The van der Waals surface area contributed by atoms with E-state index in [-0.39, 0.29) is 0 Å². The third-order valence-corrected chi connectivity index (χ3v) is 3.41. The number of oxazole rings is 1. The molecule has 0 saturated heterocycles. The molecule has 0 bridgehead atoms. The maximum absolute atomic E-state index is 11.2. The van der Waals surface area contributed by atoms with E-state index in [1.807, 2.05) is 32.0 Å². The SMILES string of the molecule is Cc1ccc(-c2ncc(C(C)(C)C(=O)O)o2)cc1C. The maximum atomic E-state index is 11.2. The van der Waals surface area contributed by atoms with Gasteiger partial charge in [-0.1, -0.05) is 6.07 Å². The highest BCUT2D eigenvalue weighted by atomic mass is 16.4. The first-order chi connectivity index (χ1) is 8.82. The van der Waals surface area contributed by atoms with Crippen LogP contribution in [0.15, 0.2) is 28.8 Å². The summed E-state index contributed by atoms with van der Waals surface area (Å²) in [7, 11) is 0. The second kappa shape index (κ2) is 4.53. The van der Waals surface area contributed by atoms with Gasteiger partial charge in [-0.05, 0) is 51.0 Å². The lowest BCUT2D eigenvalue weighted by molar-refractivity contribution is -0.143. The lowest BCUT2D eigenvalue weighted by Crippen LogP contribution is -2.27. The molecule has 1 aromatic heterocycles. The Labute approximate surface area is 112 Å². The summed E-state index contributed by atoms with van der Waals surface area (Å²) in [5.41, 5.74) is 2.12. The van der Waals surface area contributed by atoms with Crippen LogP contribution in [0.2, 0.25) is 0 Å². The summed E-state index contributed by atoms with van der Waals surface area (Å²) >= 11 is 0. The van der Waals surface area contributed by atoms with E-state index in [0.717, 1.165) is 11.1 Å². The zero-order valence-electron chi connectivity index (χ0n) is 11.5. The van der Waals surface area contributed by atoms with Crippen LogP contribution in [-0.4, -0.2) is 16.1 Å². The quantitative estimate of drug-likeness (QED) is 0.918. The molecule has 1 aromatic carbocycles. The average molecular weight is 259 g/mol. The molecule has 100 valence electrons. The van der Waals surface area contributed by atoms with Crippen molar-refractivity contribution in [3.05, 3.63) is 41.3 Å². The molecule has 1 heterocycles. The topological polar surface area (TPSA) is 63.3 Å². The molecule has 0 aliphatic carbocycles. The summed E-state index contributed by atoms with van der Waals surface area (Å²) in [5, 5.41) is 9.17. The molecule has 0 fully saturated rings. The van der Waals surface area contributed by atoms with Crippen molar-refractivity contribution in [3.63, 3.8) is 0 Å². The van der Waals surface area contributed by atoms with E-state index >= 15 is 0 Å². The zero-order valence-corrected chi connectivity index (χ0v) is 11.5. The molecule has 19 heavy (non-hydrogen) atoms. The molecule has 0 aliphatic rings. The number of aliphatic carboxylic acids is 1. The minimum atomic E-state index is -1.08. The smallest absolute Gasteiger partial charge is 0.316 e. The van der Waals surface area contributed by atoms with Gasteiger partial charge in [-0.15, -0.1) is 0 Å². The van der Waals surface area contributed by atoms with Crippen LogP contribution in [0.5, 0.6) is 0 Å². The van der Waals surface area contributed by atoms with Crippen molar-refractivity contribution in [2.45, 2.75) is 33.1 Å². The van der Waals surface area contributed by atoms with E-state index in [9.17, 15) is 4.79 Å². The molecule has 0 radical (unpaired) electrons. The van der Waals surface area contributed by atoms with Gasteiger partial charge < -0.3 is 9.52 Å². The number of nitrogens with zero attached hydrogens (tertiary/aromatic N) is 1. The lowest BCUT2D eigenvalue weighted by Gasteiger charge is -2.14. The summed E-state index contributed by atoms with van der Waals surface area (Å²) in [5.74, 6) is -0.129. The molecular formula is C15H17NO3. The summed E-state index contributed by atoms with van der Waals surface area (Å²) in [4.78, 5) is 15.4. The van der Waals surface area contributed by atoms with Crippen LogP contribution in [-0.2, 0) is 10.2 Å². The number of carbonyl (C=O) groups is 1. The van der Waals surface area contributed by atoms with Crippen LogP contribution in [0, 0.1) is 13.8 Å². The third-order valence-electron chi connectivity index (χ3n) is 3.41. The standard InChI is InChI=1S/C15H17NO3/c1-9-5-6-11(7-10(9)2)13-16-8-12(19-13)15(3,4)14(17)18/h5-8H,1-4H3,(H,17,18). The Morgan fingerprint density at radius 2 is 1.95 bits per heavy atom. The van der Waals surface area contributed by atoms with Crippen molar-refractivity contribution in [2.24, 2.45) is 0 Å². The fourth-order valence-corrected chi connectivity index (χ4v) is 1.68. The first kappa shape index (κ1) is 13.3. The highest BCUT2D eigenvalue weighted by Gasteiger charge is 2.33. The maximum Gasteiger partial charge on any atom is 0.316 e. The van der Waals surface area contributed by atoms with Crippen LogP contribution in [0.1, 0.15) is 30.7 Å². The predicted molar refractivity (Wildman–Crippen MR) is 72.1 cm³/mol. The average Bonchev–Trinajstić information content (AvgIpc) is 2.82. The van der Waals surface area contributed by atoms with E-state index in [2.05, 4.69) is 4.98 Å². The molecule has 0 amide bonds. The van der Waals surface area contributed by atoms with E-state index in [0.29, 0.717) is 11.7 Å². The van der Waals surface area contributed by atoms with Gasteiger partial charge in [0.25, 0.3) is 0 Å². The Hall–Kier alpha value is -2.10. The molecule has 4 heteroatoms. The van der Waals surface area contributed by atoms with Crippen LogP contribution >= 0.6 is 0 Å². The van der Waals surface area contributed by atoms with Gasteiger partial charge in [0.1, 0.15) is 11.2 Å². The Kier molecular flexibility index (Phi) is 3.18. The van der Waals surface area contributed by atoms with E-state index in [1.54, 1.807) is 13.8 Å². The van der Waals surface area contributed by atoms with Crippen molar-refractivity contribution >= 4 is 5.97 Å². The van der Waals surface area contributed by atoms with Gasteiger partial charge in [0.05, 0.1) is 6.20 Å². The highest BCUT2D eigenvalue weighted by molar-refractivity contribution is 5.79. The van der Waals surface area contributed by atoms with E-state index in [1.165, 1.54) is 11.8 Å². The van der Waals surface area contributed by atoms with Crippen LogP contribution in [0.3, 0.4) is 0 Å². The van der Waals surface area contributed by atoms with Crippen molar-refractivity contribution < 1.29 is 14.3 Å². The lowest BCUT2D eigenvalue weighted by atomic mass is 9.91. The normalized spacial score (nSPS) is 11.6. The molecule has 0 aliphatic heterocycles. The number of hydrogen-bond donors (Lipinski definition) is 1. The van der Waals surface area contributed by atoms with Gasteiger partial charge in [-0.3, -0.25) is 4.79 Å². The minimum absolute atomic E-state index is 0.355. The molecule has 1 N–H and O–H groups in total. The van der Waals surface area contributed by atoms with Crippen molar-refractivity contribution in [1.29, 1.82) is 0 Å². The minimum Gasteiger partial charge on any atom is -0.481 e. The largest absolute Gasteiger partial charge is 0.481 e. The van der Waals surface area contributed by atoms with E-state index in [4.69, 9.17) is 9.52 Å². The Bertz CT molecular complexity index is 626. The Morgan fingerprint density at radius 1 is 1.26 bits per heavy atom. The molecule has 0 atom stereocenters. The van der Waals surface area contributed by atoms with E-state index < -0.39 is 11.4 Å². The first-order valence-corrected chi connectivity index (χ1v) is 6.09. The number of rotatable bonds is 3. The molecule has 4 nitrogen and oxygen atoms in total. The molecule has 0 spiro atoms. The number of aryl methyl sites for hydroxylation is 2. The second-order valence-corrected chi connectivity index (χ2v) is 5.26. The highest BCUT2D eigenvalue weighted by Crippen LogP contribution is 2.28. The molecule has 2 aromatic rings. The van der Waals surface area contributed by atoms with Crippen LogP contribution in [0.4, 0.5) is 0 Å². The van der Waals surface area contributed by atoms with Gasteiger partial charge in [-0.2, -0.15) is 0 Å². The molecular weight excluding hydrogens is 242 g/mol. The summed E-state index contributed by atoms with van der Waals surface area (Å²) in [6.07, 6.45) is 1.48. The number of benzene rings is 1. The monoisotopic (exact) mass is 259 g/mol.